The number of anilines is 4. The number of likely N-dealkylation sites (N-methyl/N-ethyl adjacent to an activating group) is 1. The lowest BCUT2D eigenvalue weighted by molar-refractivity contribution is 0.0944. The smallest absolute Gasteiger partial charge is 0.273 e. The molecule has 0 spiro atoms. The van der Waals surface area contributed by atoms with Crippen LogP contribution in [0.25, 0.3) is 5.69 Å². The van der Waals surface area contributed by atoms with Crippen LogP contribution in [0.3, 0.4) is 0 Å². The number of nitrogen functional groups attached to an aromatic ring is 1. The first kappa shape index (κ1) is 25.2. The molecule has 1 aromatic carbocycles. The van der Waals surface area contributed by atoms with E-state index < -0.39 is 0 Å². The van der Waals surface area contributed by atoms with Crippen LogP contribution >= 0.6 is 11.6 Å². The molecule has 196 valence electrons. The zero-order chi connectivity index (χ0) is 25.8. The van der Waals surface area contributed by atoms with E-state index in [0.717, 1.165) is 62.9 Å². The molecule has 4 N–H and O–H groups in total. The van der Waals surface area contributed by atoms with Crippen LogP contribution in [0.4, 0.5) is 22.9 Å². The van der Waals surface area contributed by atoms with Gasteiger partial charge >= 0.3 is 0 Å². The number of aromatic nitrogens is 5. The average molecular weight is 526 g/mol. The molecule has 13 heteroatoms. The van der Waals surface area contributed by atoms with Gasteiger partial charge in [-0.1, -0.05) is 16.8 Å². The highest BCUT2D eigenvalue weighted by molar-refractivity contribution is 6.32. The molecule has 1 amide bonds. The molecule has 3 aromatic rings. The summed E-state index contributed by atoms with van der Waals surface area (Å²) in [5.41, 5.74) is 9.20. The van der Waals surface area contributed by atoms with Gasteiger partial charge in [0.05, 0.1) is 23.3 Å². The van der Waals surface area contributed by atoms with Crippen molar-refractivity contribution in [2.24, 2.45) is 0 Å². The third kappa shape index (κ3) is 5.92. The van der Waals surface area contributed by atoms with Crippen molar-refractivity contribution in [1.82, 2.24) is 40.1 Å². The number of carbonyl (C=O) groups excluding carboxylic acids is 1. The monoisotopic (exact) mass is 525 g/mol. The number of nitrogens with two attached hydrogens (primary N) is 1. The van der Waals surface area contributed by atoms with Gasteiger partial charge in [0.15, 0.2) is 16.7 Å². The predicted octanol–water partition coefficient (Wildman–Crippen LogP) is 1.61. The van der Waals surface area contributed by atoms with Gasteiger partial charge in [-0.25, -0.2) is 14.6 Å². The Bertz CT molecular complexity index is 1240. The van der Waals surface area contributed by atoms with E-state index in [-0.39, 0.29) is 22.4 Å². The number of hydrogen-bond acceptors (Lipinski definition) is 10. The number of amides is 1. The van der Waals surface area contributed by atoms with Crippen LogP contribution in [0, 0.1) is 0 Å². The molecule has 0 unspecified atom stereocenters. The maximum absolute atomic E-state index is 12.6. The highest BCUT2D eigenvalue weighted by atomic mass is 35.5. The molecule has 2 fully saturated rings. The van der Waals surface area contributed by atoms with Gasteiger partial charge in [-0.15, -0.1) is 5.10 Å². The number of halogens is 1. The van der Waals surface area contributed by atoms with Crippen molar-refractivity contribution >= 4 is 40.4 Å². The number of carbonyl (C=O) groups is 1. The Hall–Kier alpha value is -3.48. The van der Waals surface area contributed by atoms with E-state index >= 15 is 0 Å². The number of benzene rings is 1. The Morgan fingerprint density at radius 3 is 2.68 bits per heavy atom. The molecule has 0 bridgehead atoms. The van der Waals surface area contributed by atoms with Crippen LogP contribution in [0.2, 0.25) is 5.15 Å². The number of hydrogen-bond donors (Lipinski definition) is 3. The molecule has 0 atom stereocenters. The average Bonchev–Trinajstić information content (AvgIpc) is 3.60. The molecule has 37 heavy (non-hydrogen) atoms. The van der Waals surface area contributed by atoms with Crippen LogP contribution in [0.15, 0.2) is 30.7 Å². The van der Waals surface area contributed by atoms with Gasteiger partial charge in [0.2, 0.25) is 0 Å². The molecule has 2 aromatic heterocycles. The lowest BCUT2D eigenvalue weighted by Crippen LogP contribution is -2.44. The van der Waals surface area contributed by atoms with E-state index in [2.05, 4.69) is 52.7 Å². The van der Waals surface area contributed by atoms with E-state index in [0.29, 0.717) is 12.4 Å². The van der Waals surface area contributed by atoms with Crippen LogP contribution < -0.4 is 21.3 Å². The summed E-state index contributed by atoms with van der Waals surface area (Å²) in [5, 5.41) is 14.7. The molecule has 12 nitrogen and oxygen atoms in total. The van der Waals surface area contributed by atoms with E-state index in [1.54, 1.807) is 10.9 Å². The first-order valence-electron chi connectivity index (χ1n) is 12.5. The SMILES string of the molecule is CN1CCN(c2ccc(-n3cc(C(=O)NCCN4CCCC4)nn3)cc2Nc2ncnc(Cl)c2N)CC1. The third-order valence-electron chi connectivity index (χ3n) is 6.82. The molecular formula is C24H32ClN11O. The van der Waals surface area contributed by atoms with E-state index in [4.69, 9.17) is 17.3 Å². The van der Waals surface area contributed by atoms with Crippen molar-refractivity contribution in [3.8, 4) is 5.69 Å². The lowest BCUT2D eigenvalue weighted by Gasteiger charge is -2.35. The number of piperazine rings is 1. The summed E-state index contributed by atoms with van der Waals surface area (Å²) >= 11 is 6.12. The number of rotatable bonds is 8. The third-order valence-corrected chi connectivity index (χ3v) is 7.12. The van der Waals surface area contributed by atoms with Crippen LogP contribution in [-0.4, -0.2) is 100 Å². The fourth-order valence-corrected chi connectivity index (χ4v) is 4.74. The molecule has 5 rings (SSSR count). The largest absolute Gasteiger partial charge is 0.393 e. The van der Waals surface area contributed by atoms with Gasteiger partial charge in [-0.2, -0.15) is 0 Å². The van der Waals surface area contributed by atoms with Gasteiger partial charge < -0.3 is 31.1 Å². The molecule has 0 radical (unpaired) electrons. The summed E-state index contributed by atoms with van der Waals surface area (Å²) in [6.07, 6.45) is 5.45. The number of nitrogens with zero attached hydrogens (tertiary/aromatic N) is 8. The van der Waals surface area contributed by atoms with Crippen molar-refractivity contribution in [2.75, 3.05) is 75.4 Å². The first-order chi connectivity index (χ1) is 18.0. The van der Waals surface area contributed by atoms with Crippen LogP contribution in [0.5, 0.6) is 0 Å². The second kappa shape index (κ2) is 11.3. The molecule has 2 aliphatic rings. The summed E-state index contributed by atoms with van der Waals surface area (Å²) in [5.74, 6) is 0.186. The normalized spacial score (nSPS) is 16.8. The Labute approximate surface area is 220 Å². The lowest BCUT2D eigenvalue weighted by atomic mass is 10.2. The second-order valence-electron chi connectivity index (χ2n) is 9.40. The van der Waals surface area contributed by atoms with Gasteiger partial charge in [0.1, 0.15) is 12.0 Å². The summed E-state index contributed by atoms with van der Waals surface area (Å²) in [6, 6.07) is 5.92. The minimum Gasteiger partial charge on any atom is -0.393 e. The molecule has 0 saturated carbocycles. The number of nitrogens with one attached hydrogen (secondary N) is 2. The maximum atomic E-state index is 12.6. The summed E-state index contributed by atoms with van der Waals surface area (Å²) in [4.78, 5) is 27.8. The summed E-state index contributed by atoms with van der Waals surface area (Å²) in [7, 11) is 2.12. The minimum absolute atomic E-state index is 0.187. The predicted molar refractivity (Wildman–Crippen MR) is 144 cm³/mol. The van der Waals surface area contributed by atoms with Gasteiger partial charge in [0, 0.05) is 39.3 Å². The molecule has 2 aliphatic heterocycles. The Balaban J connectivity index is 1.36. The maximum Gasteiger partial charge on any atom is 0.273 e. The Morgan fingerprint density at radius 1 is 1.11 bits per heavy atom. The number of likely N-dealkylation sites (tertiary alicyclic amines) is 1. The van der Waals surface area contributed by atoms with Crippen LogP contribution in [0.1, 0.15) is 23.3 Å². The minimum atomic E-state index is -0.235. The second-order valence-corrected chi connectivity index (χ2v) is 9.75. The fraction of sp³-hybridized carbons (Fsp3) is 0.458. The van der Waals surface area contributed by atoms with E-state index in [9.17, 15) is 4.79 Å². The highest BCUT2D eigenvalue weighted by Crippen LogP contribution is 2.34. The Kier molecular flexibility index (Phi) is 7.68. The summed E-state index contributed by atoms with van der Waals surface area (Å²) in [6.45, 7) is 7.31. The Morgan fingerprint density at radius 2 is 1.89 bits per heavy atom. The van der Waals surface area contributed by atoms with Crippen LogP contribution in [-0.2, 0) is 0 Å². The standard InChI is InChI=1S/C24H32ClN11O/c1-33-10-12-35(13-11-33)20-5-4-17(14-18(20)30-23-21(26)22(25)28-16-29-23)36-15-19(31-32-36)24(37)27-6-9-34-7-2-3-8-34/h4-5,14-16H,2-3,6-13,26H2,1H3,(H,27,37)(H,28,29,30). The van der Waals surface area contributed by atoms with Gasteiger partial charge in [-0.05, 0) is 51.2 Å². The van der Waals surface area contributed by atoms with Crippen molar-refractivity contribution in [1.29, 1.82) is 0 Å². The van der Waals surface area contributed by atoms with Crippen molar-refractivity contribution in [2.45, 2.75) is 12.8 Å². The molecule has 4 heterocycles. The zero-order valence-electron chi connectivity index (χ0n) is 20.9. The topological polar surface area (TPSA) is 133 Å². The van der Waals surface area contributed by atoms with Crippen molar-refractivity contribution in [3.05, 3.63) is 41.6 Å². The fourth-order valence-electron chi connectivity index (χ4n) is 4.61. The quantitative estimate of drug-likeness (QED) is 0.372. The first-order valence-corrected chi connectivity index (χ1v) is 12.9. The van der Waals surface area contributed by atoms with E-state index in [1.807, 2.05) is 18.2 Å². The summed E-state index contributed by atoms with van der Waals surface area (Å²) < 4.78 is 1.59. The molecular weight excluding hydrogens is 494 g/mol. The molecule has 2 saturated heterocycles. The van der Waals surface area contributed by atoms with Gasteiger partial charge in [0.25, 0.3) is 5.91 Å². The van der Waals surface area contributed by atoms with Gasteiger partial charge in [-0.3, -0.25) is 4.79 Å². The van der Waals surface area contributed by atoms with Crippen molar-refractivity contribution in [3.63, 3.8) is 0 Å². The van der Waals surface area contributed by atoms with Crippen molar-refractivity contribution < 1.29 is 4.79 Å². The highest BCUT2D eigenvalue weighted by Gasteiger charge is 2.20. The zero-order valence-corrected chi connectivity index (χ0v) is 21.7. The van der Waals surface area contributed by atoms with E-state index in [1.165, 1.54) is 19.2 Å². The molecule has 0 aliphatic carbocycles.